The molecule has 2 N–H and O–H groups in total. The maximum atomic E-state index is 11.9. The quantitative estimate of drug-likeness (QED) is 0.818. The van der Waals surface area contributed by atoms with Crippen LogP contribution in [0.4, 0.5) is 0 Å². The molecule has 5 heteroatoms. The predicted octanol–water partition coefficient (Wildman–Crippen LogP) is 1.26. The van der Waals surface area contributed by atoms with Crippen molar-refractivity contribution in [3.63, 3.8) is 0 Å². The zero-order valence-corrected chi connectivity index (χ0v) is 10.3. The third kappa shape index (κ3) is 3.30. The normalized spacial score (nSPS) is 13.7. The van der Waals surface area contributed by atoms with Gasteiger partial charge in [0.25, 0.3) is 0 Å². The van der Waals surface area contributed by atoms with E-state index >= 15 is 0 Å². The van der Waals surface area contributed by atoms with Crippen molar-refractivity contribution >= 4 is 10.0 Å². The molecule has 0 saturated heterocycles. The first-order chi connectivity index (χ1) is 7.49. The molecule has 1 aromatic rings. The van der Waals surface area contributed by atoms with Crippen LogP contribution in [0.25, 0.3) is 0 Å². The van der Waals surface area contributed by atoms with Crippen LogP contribution in [-0.2, 0) is 16.6 Å². The van der Waals surface area contributed by atoms with Crippen LogP contribution >= 0.6 is 0 Å². The summed E-state index contributed by atoms with van der Waals surface area (Å²) >= 11 is 0. The molecule has 1 aromatic carbocycles. The number of aliphatic hydroxyl groups excluding tert-OH is 1. The Bertz CT molecular complexity index is 442. The highest BCUT2D eigenvalue weighted by Crippen LogP contribution is 2.12. The molecule has 1 atom stereocenters. The number of sulfonamides is 1. The highest BCUT2D eigenvalue weighted by atomic mass is 32.2. The van der Waals surface area contributed by atoms with Crippen molar-refractivity contribution in [1.29, 1.82) is 0 Å². The summed E-state index contributed by atoms with van der Waals surface area (Å²) in [6.07, 6.45) is 0.735. The van der Waals surface area contributed by atoms with Gasteiger partial charge in [-0.05, 0) is 31.0 Å². The molecule has 0 spiro atoms. The van der Waals surface area contributed by atoms with Crippen molar-refractivity contribution in [1.82, 2.24) is 4.72 Å². The third-order valence-corrected chi connectivity index (χ3v) is 3.95. The fraction of sp³-hybridized carbons (Fsp3) is 0.455. The molecule has 4 nitrogen and oxygen atoms in total. The van der Waals surface area contributed by atoms with Crippen molar-refractivity contribution in [3.05, 3.63) is 29.8 Å². The lowest BCUT2D eigenvalue weighted by molar-refractivity contribution is 0.281. The molecule has 0 amide bonds. The summed E-state index contributed by atoms with van der Waals surface area (Å²) in [5.41, 5.74) is 0.590. The first kappa shape index (κ1) is 13.2. The minimum absolute atomic E-state index is 0.0946. The van der Waals surface area contributed by atoms with E-state index < -0.39 is 10.0 Å². The molecule has 0 aliphatic heterocycles. The predicted molar refractivity (Wildman–Crippen MR) is 62.4 cm³/mol. The van der Waals surface area contributed by atoms with Crippen molar-refractivity contribution in [2.75, 3.05) is 0 Å². The average Bonchev–Trinajstić information content (AvgIpc) is 2.28. The zero-order chi connectivity index (χ0) is 12.2. The zero-order valence-electron chi connectivity index (χ0n) is 9.47. The minimum atomic E-state index is -3.47. The molecule has 0 aromatic heterocycles. The fourth-order valence-electron chi connectivity index (χ4n) is 1.23. The maximum absolute atomic E-state index is 11.9. The lowest BCUT2D eigenvalue weighted by atomic mass is 10.2. The van der Waals surface area contributed by atoms with Crippen molar-refractivity contribution in [2.24, 2.45) is 0 Å². The molecule has 0 heterocycles. The smallest absolute Gasteiger partial charge is 0.240 e. The van der Waals surface area contributed by atoms with Gasteiger partial charge in [-0.1, -0.05) is 19.1 Å². The second-order valence-corrected chi connectivity index (χ2v) is 5.45. The molecule has 0 aliphatic rings. The summed E-state index contributed by atoms with van der Waals surface area (Å²) in [5.74, 6) is 0. The Hall–Kier alpha value is -0.910. The first-order valence-electron chi connectivity index (χ1n) is 5.21. The Labute approximate surface area is 96.4 Å². The fourth-order valence-corrected chi connectivity index (χ4v) is 2.62. The molecular weight excluding hydrogens is 226 g/mol. The van der Waals surface area contributed by atoms with Gasteiger partial charge in [0.15, 0.2) is 0 Å². The van der Waals surface area contributed by atoms with E-state index in [0.717, 1.165) is 6.42 Å². The monoisotopic (exact) mass is 243 g/mol. The van der Waals surface area contributed by atoms with Crippen molar-refractivity contribution < 1.29 is 13.5 Å². The summed E-state index contributed by atoms with van der Waals surface area (Å²) in [7, 11) is -3.47. The molecule has 1 unspecified atom stereocenters. The van der Waals surface area contributed by atoms with Gasteiger partial charge < -0.3 is 5.11 Å². The second-order valence-electron chi connectivity index (χ2n) is 3.74. The highest BCUT2D eigenvalue weighted by molar-refractivity contribution is 7.89. The van der Waals surface area contributed by atoms with Crippen LogP contribution in [0.1, 0.15) is 25.8 Å². The number of benzene rings is 1. The van der Waals surface area contributed by atoms with E-state index in [1.54, 1.807) is 12.1 Å². The Morgan fingerprint density at radius 2 is 2.12 bits per heavy atom. The van der Waals surface area contributed by atoms with E-state index in [0.29, 0.717) is 5.56 Å². The number of hydrogen-bond donors (Lipinski definition) is 2. The topological polar surface area (TPSA) is 66.4 Å². The average molecular weight is 243 g/mol. The van der Waals surface area contributed by atoms with E-state index in [-0.39, 0.29) is 17.5 Å². The van der Waals surface area contributed by atoms with Gasteiger partial charge in [-0.15, -0.1) is 0 Å². The minimum Gasteiger partial charge on any atom is -0.392 e. The maximum Gasteiger partial charge on any atom is 0.240 e. The Morgan fingerprint density at radius 1 is 1.44 bits per heavy atom. The SMILES string of the molecule is CCC(C)NS(=O)(=O)c1cccc(CO)c1. The molecule has 90 valence electrons. The number of nitrogens with one attached hydrogen (secondary N) is 1. The summed E-state index contributed by atoms with van der Waals surface area (Å²) in [5, 5.41) is 8.94. The Balaban J connectivity index is 2.98. The Morgan fingerprint density at radius 3 is 2.69 bits per heavy atom. The molecule has 0 fully saturated rings. The molecule has 0 bridgehead atoms. The molecule has 1 rings (SSSR count). The van der Waals surface area contributed by atoms with Gasteiger partial charge in [-0.2, -0.15) is 0 Å². The first-order valence-corrected chi connectivity index (χ1v) is 6.70. The molecule has 16 heavy (non-hydrogen) atoms. The molecule has 0 saturated carbocycles. The summed E-state index contributed by atoms with van der Waals surface area (Å²) in [4.78, 5) is 0.194. The lowest BCUT2D eigenvalue weighted by Crippen LogP contribution is -2.32. The Kier molecular flexibility index (Phi) is 4.46. The number of rotatable bonds is 5. The van der Waals surface area contributed by atoms with Crippen LogP contribution in [0, 0.1) is 0 Å². The standard InChI is InChI=1S/C11H17NO3S/c1-3-9(2)12-16(14,15)11-6-4-5-10(7-11)8-13/h4-7,9,12-13H,3,8H2,1-2H3. The van der Waals surface area contributed by atoms with E-state index in [9.17, 15) is 8.42 Å². The summed E-state index contributed by atoms with van der Waals surface area (Å²) in [6, 6.07) is 6.20. The van der Waals surface area contributed by atoms with E-state index in [2.05, 4.69) is 4.72 Å². The van der Waals surface area contributed by atoms with Gasteiger partial charge in [-0.3, -0.25) is 0 Å². The van der Waals surface area contributed by atoms with Gasteiger partial charge in [0.2, 0.25) is 10.0 Å². The number of aliphatic hydroxyl groups is 1. The highest BCUT2D eigenvalue weighted by Gasteiger charge is 2.16. The molecule has 0 radical (unpaired) electrons. The third-order valence-electron chi connectivity index (χ3n) is 2.36. The van der Waals surface area contributed by atoms with Gasteiger partial charge in [0, 0.05) is 6.04 Å². The van der Waals surface area contributed by atoms with Crippen LogP contribution in [0.15, 0.2) is 29.2 Å². The van der Waals surface area contributed by atoms with Crippen LogP contribution in [0.5, 0.6) is 0 Å². The van der Waals surface area contributed by atoms with Crippen LogP contribution in [0.3, 0.4) is 0 Å². The van der Waals surface area contributed by atoms with Crippen molar-refractivity contribution in [3.8, 4) is 0 Å². The summed E-state index contributed by atoms with van der Waals surface area (Å²) < 4.78 is 26.3. The van der Waals surface area contributed by atoms with E-state index in [4.69, 9.17) is 5.11 Å². The lowest BCUT2D eigenvalue weighted by Gasteiger charge is -2.12. The van der Waals surface area contributed by atoms with Crippen LogP contribution in [-0.4, -0.2) is 19.6 Å². The van der Waals surface area contributed by atoms with Gasteiger partial charge >= 0.3 is 0 Å². The second kappa shape index (κ2) is 5.43. The molecule has 0 aliphatic carbocycles. The van der Waals surface area contributed by atoms with E-state index in [1.807, 2.05) is 13.8 Å². The van der Waals surface area contributed by atoms with E-state index in [1.165, 1.54) is 12.1 Å². The van der Waals surface area contributed by atoms with Gasteiger partial charge in [-0.25, -0.2) is 13.1 Å². The number of hydrogen-bond acceptors (Lipinski definition) is 3. The van der Waals surface area contributed by atoms with Crippen LogP contribution < -0.4 is 4.72 Å². The van der Waals surface area contributed by atoms with Gasteiger partial charge in [0.05, 0.1) is 11.5 Å². The largest absolute Gasteiger partial charge is 0.392 e. The molecular formula is C11H17NO3S. The summed E-state index contributed by atoms with van der Waals surface area (Å²) in [6.45, 7) is 3.57. The van der Waals surface area contributed by atoms with Gasteiger partial charge in [0.1, 0.15) is 0 Å². The van der Waals surface area contributed by atoms with Crippen LogP contribution in [0.2, 0.25) is 0 Å². The van der Waals surface area contributed by atoms with Crippen molar-refractivity contribution in [2.45, 2.75) is 37.8 Å².